The highest BCUT2D eigenvalue weighted by atomic mass is 16.4. The predicted octanol–water partition coefficient (Wildman–Crippen LogP) is 1.91. The van der Waals surface area contributed by atoms with Crippen molar-refractivity contribution in [3.05, 3.63) is 42.1 Å². The first kappa shape index (κ1) is 11.5. The molecular weight excluding hydrogens is 216 g/mol. The highest BCUT2D eigenvalue weighted by molar-refractivity contribution is 5.89. The number of hydrogen-bond donors (Lipinski definition) is 2. The maximum absolute atomic E-state index is 10.6. The first-order chi connectivity index (χ1) is 8.27. The van der Waals surface area contributed by atoms with Gasteiger partial charge in [-0.2, -0.15) is 0 Å². The van der Waals surface area contributed by atoms with Crippen LogP contribution in [0, 0.1) is 0 Å². The molecule has 3 rings (SSSR count). The molecule has 1 aliphatic rings. The van der Waals surface area contributed by atoms with Gasteiger partial charge >= 0.3 is 5.97 Å². The minimum Gasteiger partial charge on any atom is -0.477 e. The van der Waals surface area contributed by atoms with Crippen molar-refractivity contribution < 1.29 is 9.90 Å². The van der Waals surface area contributed by atoms with Gasteiger partial charge in [0.2, 0.25) is 0 Å². The summed E-state index contributed by atoms with van der Waals surface area (Å²) in [6.07, 6.45) is 1.39. The number of rotatable bonds is 1. The van der Waals surface area contributed by atoms with Crippen molar-refractivity contribution in [2.75, 3.05) is 13.1 Å². The molecule has 2 N–H and O–H groups in total. The lowest BCUT2D eigenvalue weighted by Crippen LogP contribution is -2.29. The maximum atomic E-state index is 10.6. The van der Waals surface area contributed by atoms with Crippen LogP contribution < -0.4 is 5.32 Å². The normalized spacial score (nSPS) is 13.4. The van der Waals surface area contributed by atoms with Gasteiger partial charge in [-0.15, -0.1) is 0 Å². The summed E-state index contributed by atoms with van der Waals surface area (Å²) in [4.78, 5) is 14.6. The summed E-state index contributed by atoms with van der Waals surface area (Å²) in [5.74, 6) is -0.995. The third-order valence-electron chi connectivity index (χ3n) is 2.52. The van der Waals surface area contributed by atoms with E-state index in [9.17, 15) is 4.79 Å². The van der Waals surface area contributed by atoms with Gasteiger partial charge in [0, 0.05) is 5.39 Å². The molecule has 0 unspecified atom stereocenters. The quantitative estimate of drug-likeness (QED) is 0.785. The van der Waals surface area contributed by atoms with Gasteiger partial charge in [0.25, 0.3) is 0 Å². The van der Waals surface area contributed by atoms with Gasteiger partial charge in [-0.3, -0.25) is 0 Å². The molecule has 1 saturated heterocycles. The molecule has 0 atom stereocenters. The molecule has 0 bridgehead atoms. The Labute approximate surface area is 99.3 Å². The third kappa shape index (κ3) is 3.01. The van der Waals surface area contributed by atoms with Crippen LogP contribution in [0.1, 0.15) is 16.9 Å². The van der Waals surface area contributed by atoms with Gasteiger partial charge < -0.3 is 10.4 Å². The first-order valence-electron chi connectivity index (χ1n) is 5.57. The number of carboxylic acid groups (broad SMARTS) is 1. The molecule has 0 radical (unpaired) electrons. The molecule has 2 heterocycles. The summed E-state index contributed by atoms with van der Waals surface area (Å²) in [7, 11) is 0. The Morgan fingerprint density at radius 3 is 2.41 bits per heavy atom. The second-order valence-corrected chi connectivity index (χ2v) is 3.80. The number of nitrogens with one attached hydrogen (secondary N) is 1. The SMILES string of the molecule is C1CNC1.O=C(O)c1ccc2ccccc2n1. The van der Waals surface area contributed by atoms with Crippen LogP contribution in [0.5, 0.6) is 0 Å². The molecule has 1 aliphatic heterocycles. The number of aromatic carboxylic acids is 1. The van der Waals surface area contributed by atoms with E-state index in [0.717, 1.165) is 5.39 Å². The van der Waals surface area contributed by atoms with Crippen molar-refractivity contribution >= 4 is 16.9 Å². The molecule has 4 nitrogen and oxygen atoms in total. The second-order valence-electron chi connectivity index (χ2n) is 3.80. The van der Waals surface area contributed by atoms with E-state index in [1.165, 1.54) is 25.6 Å². The van der Waals surface area contributed by atoms with Crippen LogP contribution >= 0.6 is 0 Å². The average molecular weight is 230 g/mol. The van der Waals surface area contributed by atoms with Crippen molar-refractivity contribution in [2.45, 2.75) is 6.42 Å². The number of hydrogen-bond acceptors (Lipinski definition) is 3. The minimum atomic E-state index is -0.995. The highest BCUT2D eigenvalue weighted by Crippen LogP contribution is 2.11. The Balaban J connectivity index is 0.000000228. The molecule has 0 amide bonds. The van der Waals surface area contributed by atoms with E-state index in [4.69, 9.17) is 5.11 Å². The Morgan fingerprint density at radius 2 is 1.82 bits per heavy atom. The van der Waals surface area contributed by atoms with E-state index in [-0.39, 0.29) is 5.69 Å². The molecule has 1 aromatic heterocycles. The second kappa shape index (κ2) is 5.41. The lowest BCUT2D eigenvalue weighted by Gasteiger charge is -2.09. The number of nitrogens with zero attached hydrogens (tertiary/aromatic N) is 1. The summed E-state index contributed by atoms with van der Waals surface area (Å²) >= 11 is 0. The Kier molecular flexibility index (Phi) is 3.67. The van der Waals surface area contributed by atoms with Gasteiger partial charge in [-0.25, -0.2) is 9.78 Å². The van der Waals surface area contributed by atoms with Gasteiger partial charge in [0.1, 0.15) is 5.69 Å². The minimum absolute atomic E-state index is 0.0821. The van der Waals surface area contributed by atoms with Crippen molar-refractivity contribution in [3.8, 4) is 0 Å². The first-order valence-corrected chi connectivity index (χ1v) is 5.57. The third-order valence-corrected chi connectivity index (χ3v) is 2.52. The van der Waals surface area contributed by atoms with Gasteiger partial charge in [-0.1, -0.05) is 24.3 Å². The maximum Gasteiger partial charge on any atom is 0.354 e. The lowest BCUT2D eigenvalue weighted by molar-refractivity contribution is 0.0691. The zero-order valence-electron chi connectivity index (χ0n) is 9.39. The van der Waals surface area contributed by atoms with Crippen molar-refractivity contribution in [2.24, 2.45) is 0 Å². The van der Waals surface area contributed by atoms with E-state index in [1.807, 2.05) is 18.2 Å². The van der Waals surface area contributed by atoms with Gasteiger partial charge in [0.15, 0.2) is 0 Å². The number of para-hydroxylation sites is 1. The molecule has 0 spiro atoms. The molecule has 1 fully saturated rings. The van der Waals surface area contributed by atoms with Crippen LogP contribution in [0.4, 0.5) is 0 Å². The topological polar surface area (TPSA) is 62.2 Å². The van der Waals surface area contributed by atoms with Crippen LogP contribution in [0.15, 0.2) is 36.4 Å². The number of benzene rings is 1. The number of aromatic nitrogens is 1. The van der Waals surface area contributed by atoms with E-state index in [2.05, 4.69) is 10.3 Å². The zero-order valence-corrected chi connectivity index (χ0v) is 9.39. The van der Waals surface area contributed by atoms with E-state index < -0.39 is 5.97 Å². The number of carbonyl (C=O) groups is 1. The fourth-order valence-electron chi connectivity index (χ4n) is 1.36. The summed E-state index contributed by atoms with van der Waals surface area (Å²) in [6, 6.07) is 10.7. The van der Waals surface area contributed by atoms with E-state index >= 15 is 0 Å². The van der Waals surface area contributed by atoms with Gasteiger partial charge in [0.05, 0.1) is 5.52 Å². The number of fused-ring (bicyclic) bond motifs is 1. The Hall–Kier alpha value is -1.94. The fraction of sp³-hybridized carbons (Fsp3) is 0.231. The van der Waals surface area contributed by atoms with Gasteiger partial charge in [-0.05, 0) is 31.6 Å². The molecule has 1 aromatic carbocycles. The monoisotopic (exact) mass is 230 g/mol. The van der Waals surface area contributed by atoms with Crippen molar-refractivity contribution in [1.82, 2.24) is 10.3 Å². The molecule has 0 aliphatic carbocycles. The molecule has 88 valence electrons. The van der Waals surface area contributed by atoms with Crippen LogP contribution in [0.3, 0.4) is 0 Å². The van der Waals surface area contributed by atoms with Crippen LogP contribution in [0.2, 0.25) is 0 Å². The van der Waals surface area contributed by atoms with E-state index in [1.54, 1.807) is 12.1 Å². The number of pyridine rings is 1. The zero-order chi connectivity index (χ0) is 12.1. The Bertz CT molecular complexity index is 518. The van der Waals surface area contributed by atoms with E-state index in [0.29, 0.717) is 5.52 Å². The van der Waals surface area contributed by atoms with Crippen molar-refractivity contribution in [3.63, 3.8) is 0 Å². The van der Waals surface area contributed by atoms with Crippen LogP contribution in [0.25, 0.3) is 10.9 Å². The molecule has 4 heteroatoms. The molecule has 2 aromatic rings. The Morgan fingerprint density at radius 1 is 1.18 bits per heavy atom. The molecule has 0 saturated carbocycles. The lowest BCUT2D eigenvalue weighted by atomic mass is 10.2. The summed E-state index contributed by atoms with van der Waals surface area (Å²) in [5.41, 5.74) is 0.793. The number of carboxylic acids is 1. The van der Waals surface area contributed by atoms with Crippen molar-refractivity contribution in [1.29, 1.82) is 0 Å². The standard InChI is InChI=1S/C10H7NO2.C3H7N/c12-10(13)9-6-5-7-3-1-2-4-8(7)11-9;1-2-4-3-1/h1-6H,(H,12,13);4H,1-3H2. The largest absolute Gasteiger partial charge is 0.477 e. The summed E-state index contributed by atoms with van der Waals surface area (Å²) in [5, 5.41) is 12.7. The highest BCUT2D eigenvalue weighted by Gasteiger charge is 2.03. The molecular formula is C13H14N2O2. The average Bonchev–Trinajstić information content (AvgIpc) is 2.26. The summed E-state index contributed by atoms with van der Waals surface area (Å²) < 4.78 is 0. The van der Waals surface area contributed by atoms with Crippen LogP contribution in [-0.4, -0.2) is 29.1 Å². The summed E-state index contributed by atoms with van der Waals surface area (Å²) in [6.45, 7) is 2.50. The fourth-order valence-corrected chi connectivity index (χ4v) is 1.36. The molecule has 17 heavy (non-hydrogen) atoms. The van der Waals surface area contributed by atoms with Crippen LogP contribution in [-0.2, 0) is 0 Å². The predicted molar refractivity (Wildman–Crippen MR) is 66.2 cm³/mol. The smallest absolute Gasteiger partial charge is 0.354 e.